The SMILES string of the molecule is COC(=O)CN(C)C(=O)[C@H]1CN(C2CCC(c3nc(C)c(C)s3)CC2)[C@@H](Cc2ccc(Cl)cc2)CO1. The number of aromatic nitrogens is 1. The fraction of sp³-hybridized carbons (Fsp3) is 0.593. The molecular weight excluding hydrogens is 498 g/mol. The highest BCUT2D eigenvalue weighted by atomic mass is 35.5. The Kier molecular flexibility index (Phi) is 9.04. The van der Waals surface area contributed by atoms with Crippen molar-refractivity contribution in [3.63, 3.8) is 0 Å². The molecule has 2 aliphatic rings. The number of esters is 1. The summed E-state index contributed by atoms with van der Waals surface area (Å²) in [6.07, 6.45) is 4.58. The number of carbonyl (C=O) groups is 2. The van der Waals surface area contributed by atoms with Crippen LogP contribution in [0.1, 0.15) is 52.7 Å². The molecule has 7 nitrogen and oxygen atoms in total. The van der Waals surface area contributed by atoms with Gasteiger partial charge in [-0.15, -0.1) is 11.3 Å². The number of rotatable bonds is 7. The first-order chi connectivity index (χ1) is 17.2. The van der Waals surface area contributed by atoms with Crippen LogP contribution in [0, 0.1) is 13.8 Å². The van der Waals surface area contributed by atoms with Gasteiger partial charge in [-0.05, 0) is 63.6 Å². The number of halogens is 1. The fourth-order valence-electron chi connectivity index (χ4n) is 5.29. The van der Waals surface area contributed by atoms with E-state index in [1.54, 1.807) is 7.05 Å². The lowest BCUT2D eigenvalue weighted by atomic mass is 9.84. The van der Waals surface area contributed by atoms with Crippen molar-refractivity contribution in [3.05, 3.63) is 50.4 Å². The number of likely N-dealkylation sites (N-methyl/N-ethyl adjacent to an activating group) is 1. The number of thiazole rings is 1. The second-order valence-electron chi connectivity index (χ2n) is 9.97. The lowest BCUT2D eigenvalue weighted by molar-refractivity contribution is -0.158. The number of ether oxygens (including phenoxy) is 2. The molecule has 4 rings (SSSR count). The number of morpholine rings is 1. The molecule has 9 heteroatoms. The molecular formula is C27H36ClN3O4S. The second kappa shape index (κ2) is 12.0. The summed E-state index contributed by atoms with van der Waals surface area (Å²) in [4.78, 5) is 34.8. The molecule has 1 aliphatic carbocycles. The van der Waals surface area contributed by atoms with Crippen LogP contribution < -0.4 is 0 Å². The number of carbonyl (C=O) groups excluding carboxylic acids is 2. The Morgan fingerprint density at radius 3 is 2.50 bits per heavy atom. The molecule has 0 bridgehead atoms. The van der Waals surface area contributed by atoms with Gasteiger partial charge in [-0.3, -0.25) is 14.5 Å². The molecule has 0 spiro atoms. The molecule has 1 amide bonds. The van der Waals surface area contributed by atoms with Gasteiger partial charge in [0.2, 0.25) is 0 Å². The van der Waals surface area contributed by atoms with Crippen molar-refractivity contribution >= 4 is 34.8 Å². The number of amides is 1. The van der Waals surface area contributed by atoms with Gasteiger partial charge in [-0.2, -0.15) is 0 Å². The molecule has 1 aromatic carbocycles. The molecule has 196 valence electrons. The van der Waals surface area contributed by atoms with Crippen molar-refractivity contribution in [2.75, 3.05) is 33.9 Å². The molecule has 1 saturated heterocycles. The third-order valence-electron chi connectivity index (χ3n) is 7.53. The summed E-state index contributed by atoms with van der Waals surface area (Å²) < 4.78 is 10.8. The van der Waals surface area contributed by atoms with Gasteiger partial charge in [-0.1, -0.05) is 23.7 Å². The second-order valence-corrected chi connectivity index (χ2v) is 11.6. The Balaban J connectivity index is 1.46. The topological polar surface area (TPSA) is 72.0 Å². The van der Waals surface area contributed by atoms with Crippen LogP contribution in [-0.2, 0) is 25.5 Å². The van der Waals surface area contributed by atoms with Crippen molar-refractivity contribution in [3.8, 4) is 0 Å². The highest BCUT2D eigenvalue weighted by Crippen LogP contribution is 2.38. The van der Waals surface area contributed by atoms with Crippen LogP contribution in [0.5, 0.6) is 0 Å². The van der Waals surface area contributed by atoms with Gasteiger partial charge in [0.15, 0.2) is 0 Å². The highest BCUT2D eigenvalue weighted by molar-refractivity contribution is 7.11. The first-order valence-corrected chi connectivity index (χ1v) is 13.8. The Morgan fingerprint density at radius 2 is 1.89 bits per heavy atom. The number of aryl methyl sites for hydroxylation is 2. The summed E-state index contributed by atoms with van der Waals surface area (Å²) in [7, 11) is 2.95. The number of benzene rings is 1. The Morgan fingerprint density at radius 1 is 1.19 bits per heavy atom. The first kappa shape index (κ1) is 27.0. The zero-order chi connectivity index (χ0) is 25.8. The van der Waals surface area contributed by atoms with Crippen LogP contribution in [0.15, 0.2) is 24.3 Å². The molecule has 1 aromatic heterocycles. The average Bonchev–Trinajstić information content (AvgIpc) is 3.23. The van der Waals surface area contributed by atoms with Crippen molar-refractivity contribution in [2.24, 2.45) is 0 Å². The number of methoxy groups -OCH3 is 1. The molecule has 2 fully saturated rings. The van der Waals surface area contributed by atoms with Crippen molar-refractivity contribution < 1.29 is 19.1 Å². The van der Waals surface area contributed by atoms with Gasteiger partial charge in [-0.25, -0.2) is 4.98 Å². The van der Waals surface area contributed by atoms with E-state index in [0.717, 1.165) is 42.8 Å². The minimum Gasteiger partial charge on any atom is -0.468 e. The number of nitrogens with zero attached hydrogens (tertiary/aromatic N) is 3. The molecule has 0 radical (unpaired) electrons. The fourth-order valence-corrected chi connectivity index (χ4v) is 6.51. The largest absolute Gasteiger partial charge is 0.468 e. The molecule has 0 unspecified atom stereocenters. The van der Waals surface area contributed by atoms with E-state index >= 15 is 0 Å². The third-order valence-corrected chi connectivity index (χ3v) is 9.01. The quantitative estimate of drug-likeness (QED) is 0.492. The molecule has 2 aromatic rings. The first-order valence-electron chi connectivity index (χ1n) is 12.6. The van der Waals surface area contributed by atoms with Gasteiger partial charge in [0.05, 0.1) is 24.4 Å². The highest BCUT2D eigenvalue weighted by Gasteiger charge is 2.39. The summed E-state index contributed by atoms with van der Waals surface area (Å²) in [5.74, 6) is -0.110. The molecule has 2 heterocycles. The van der Waals surface area contributed by atoms with Crippen LogP contribution in [-0.4, -0.2) is 78.7 Å². The minimum atomic E-state index is -0.594. The smallest absolute Gasteiger partial charge is 0.325 e. The van der Waals surface area contributed by atoms with E-state index in [4.69, 9.17) is 26.1 Å². The van der Waals surface area contributed by atoms with Gasteiger partial charge in [0, 0.05) is 41.5 Å². The van der Waals surface area contributed by atoms with Crippen LogP contribution in [0.3, 0.4) is 0 Å². The molecule has 0 N–H and O–H groups in total. The zero-order valence-electron chi connectivity index (χ0n) is 21.5. The lowest BCUT2D eigenvalue weighted by Crippen LogP contribution is -2.59. The van der Waals surface area contributed by atoms with E-state index in [-0.39, 0.29) is 18.5 Å². The number of hydrogen-bond acceptors (Lipinski definition) is 7. The maximum atomic E-state index is 13.1. The predicted molar refractivity (Wildman–Crippen MR) is 142 cm³/mol. The maximum absolute atomic E-state index is 13.1. The molecule has 2 atom stereocenters. The van der Waals surface area contributed by atoms with Crippen LogP contribution in [0.2, 0.25) is 5.02 Å². The van der Waals surface area contributed by atoms with Gasteiger partial charge in [0.1, 0.15) is 12.6 Å². The predicted octanol–water partition coefficient (Wildman–Crippen LogP) is 4.38. The summed E-state index contributed by atoms with van der Waals surface area (Å²) in [6.45, 7) is 5.14. The Labute approximate surface area is 222 Å². The van der Waals surface area contributed by atoms with E-state index in [1.165, 1.54) is 27.5 Å². The Hall–Kier alpha value is -2.00. The minimum absolute atomic E-state index is 0.0822. The summed E-state index contributed by atoms with van der Waals surface area (Å²) >= 11 is 7.93. The monoisotopic (exact) mass is 533 g/mol. The summed E-state index contributed by atoms with van der Waals surface area (Å²) in [6, 6.07) is 8.51. The third kappa shape index (κ3) is 6.46. The lowest BCUT2D eigenvalue weighted by Gasteiger charge is -2.46. The molecule has 1 saturated carbocycles. The van der Waals surface area contributed by atoms with Crippen LogP contribution in [0.25, 0.3) is 0 Å². The van der Waals surface area contributed by atoms with Crippen molar-refractivity contribution in [1.82, 2.24) is 14.8 Å². The van der Waals surface area contributed by atoms with Crippen molar-refractivity contribution in [2.45, 2.75) is 70.1 Å². The van der Waals surface area contributed by atoms with Crippen LogP contribution in [0.4, 0.5) is 0 Å². The van der Waals surface area contributed by atoms with Gasteiger partial charge in [0.25, 0.3) is 5.91 Å². The van der Waals surface area contributed by atoms with E-state index in [0.29, 0.717) is 25.1 Å². The zero-order valence-corrected chi connectivity index (χ0v) is 23.1. The van der Waals surface area contributed by atoms with E-state index in [2.05, 4.69) is 30.9 Å². The standard InChI is InChI=1S/C27H36ClN3O4S/c1-17-18(2)36-26(29-17)20-7-11-22(12-8-20)31-14-24(27(33)30(3)15-25(32)34-4)35-16-23(31)13-19-5-9-21(28)10-6-19/h5-6,9-10,20,22-24H,7-8,11-16H2,1-4H3/t20?,22?,23-,24+/m0/s1. The molecule has 1 aliphatic heterocycles. The normalized spacial score (nSPS) is 24.9. The van der Waals surface area contributed by atoms with Crippen molar-refractivity contribution in [1.29, 1.82) is 0 Å². The molecule has 36 heavy (non-hydrogen) atoms. The average molecular weight is 534 g/mol. The summed E-state index contributed by atoms with van der Waals surface area (Å²) in [5.41, 5.74) is 2.35. The van der Waals surface area contributed by atoms with Crippen LogP contribution >= 0.6 is 22.9 Å². The van der Waals surface area contributed by atoms with E-state index in [9.17, 15) is 9.59 Å². The van der Waals surface area contributed by atoms with Gasteiger partial charge < -0.3 is 14.4 Å². The number of hydrogen-bond donors (Lipinski definition) is 0. The maximum Gasteiger partial charge on any atom is 0.325 e. The Bertz CT molecular complexity index is 1030. The summed E-state index contributed by atoms with van der Waals surface area (Å²) in [5, 5.41) is 1.99. The van der Waals surface area contributed by atoms with E-state index < -0.39 is 12.1 Å². The van der Waals surface area contributed by atoms with E-state index in [1.807, 2.05) is 23.5 Å². The van der Waals surface area contributed by atoms with Gasteiger partial charge >= 0.3 is 5.97 Å².